The Kier molecular flexibility index (Phi) is 8.28. The van der Waals surface area contributed by atoms with Gasteiger partial charge in [-0.25, -0.2) is 0 Å². The molecule has 8 nitrogen and oxygen atoms in total. The molecule has 0 unspecified atom stereocenters. The maximum absolute atomic E-state index is 12.9. The van der Waals surface area contributed by atoms with Crippen molar-refractivity contribution in [2.75, 3.05) is 49.1 Å². The van der Waals surface area contributed by atoms with Crippen molar-refractivity contribution in [3.8, 4) is 34.1 Å². The summed E-state index contributed by atoms with van der Waals surface area (Å²) in [4.78, 5) is 27.6. The van der Waals surface area contributed by atoms with Crippen molar-refractivity contribution in [3.63, 3.8) is 0 Å². The zero-order valence-corrected chi connectivity index (χ0v) is 21.2. The average Bonchev–Trinajstić information content (AvgIpc) is 3.06. The van der Waals surface area contributed by atoms with Crippen molar-refractivity contribution in [2.45, 2.75) is 25.3 Å². The van der Waals surface area contributed by atoms with E-state index in [0.717, 1.165) is 5.56 Å². The molecule has 0 radical (unpaired) electrons. The minimum absolute atomic E-state index is 0.102. The number of carbonyl (C=O) groups is 1. The Balaban J connectivity index is 2.29. The van der Waals surface area contributed by atoms with Crippen LogP contribution in [0.15, 0.2) is 23.0 Å². The van der Waals surface area contributed by atoms with Crippen LogP contribution in [0.1, 0.15) is 30.0 Å². The molecule has 1 aliphatic rings. The van der Waals surface area contributed by atoms with Gasteiger partial charge in [-0.05, 0) is 55.8 Å². The maximum atomic E-state index is 12.9. The summed E-state index contributed by atoms with van der Waals surface area (Å²) in [7, 11) is 9.84. The number of carbonyl (C=O) groups excluding carboxylic acids is 1. The fourth-order valence-electron chi connectivity index (χ4n) is 4.28. The van der Waals surface area contributed by atoms with Crippen LogP contribution in [0.4, 0.5) is 0 Å². The molecule has 0 fully saturated rings. The fraction of sp³-hybridized carbons (Fsp3) is 0.440. The van der Waals surface area contributed by atoms with Gasteiger partial charge in [-0.15, -0.1) is 0 Å². The van der Waals surface area contributed by atoms with Crippen LogP contribution in [0.5, 0.6) is 23.0 Å². The molecule has 2 aromatic carbocycles. The summed E-state index contributed by atoms with van der Waals surface area (Å²) in [6, 6.07) is 4.51. The summed E-state index contributed by atoms with van der Waals surface area (Å²) < 4.78 is 22.2. The van der Waals surface area contributed by atoms with Gasteiger partial charge in [0.25, 0.3) is 0 Å². The van der Waals surface area contributed by atoms with Crippen molar-refractivity contribution in [3.05, 3.63) is 44.6 Å². The third-order valence-corrected chi connectivity index (χ3v) is 6.33. The highest BCUT2D eigenvalue weighted by atomic mass is 35.5. The van der Waals surface area contributed by atoms with E-state index < -0.39 is 6.04 Å². The Morgan fingerprint density at radius 1 is 1.06 bits per heavy atom. The first kappa shape index (κ1) is 25.6. The van der Waals surface area contributed by atoms with Gasteiger partial charge < -0.3 is 29.2 Å². The van der Waals surface area contributed by atoms with E-state index in [1.165, 1.54) is 27.4 Å². The number of fused-ring (bicyclic) bond motifs is 3. The normalized spacial score (nSPS) is 14.5. The molecule has 9 heteroatoms. The molecular formula is C25H31ClN2O6. The van der Waals surface area contributed by atoms with Gasteiger partial charge in [0.15, 0.2) is 17.2 Å². The Labute approximate surface area is 204 Å². The van der Waals surface area contributed by atoms with Gasteiger partial charge in [0.05, 0.1) is 39.5 Å². The Morgan fingerprint density at radius 2 is 1.74 bits per heavy atom. The molecule has 0 aromatic heterocycles. The second kappa shape index (κ2) is 11.0. The zero-order valence-electron chi connectivity index (χ0n) is 20.4. The van der Waals surface area contributed by atoms with E-state index in [4.69, 9.17) is 30.5 Å². The Morgan fingerprint density at radius 3 is 2.32 bits per heavy atom. The predicted molar refractivity (Wildman–Crippen MR) is 132 cm³/mol. The molecule has 1 N–H and O–H groups in total. The summed E-state index contributed by atoms with van der Waals surface area (Å²) >= 11 is 6.80. The topological polar surface area (TPSA) is 86.3 Å². The van der Waals surface area contributed by atoms with Crippen molar-refractivity contribution in [1.29, 1.82) is 0 Å². The molecule has 0 spiro atoms. The van der Waals surface area contributed by atoms with Crippen LogP contribution in [0.2, 0.25) is 5.02 Å². The number of nitrogens with zero attached hydrogens (tertiary/aromatic N) is 1. The zero-order chi connectivity index (χ0) is 25.0. The highest BCUT2D eigenvalue weighted by Crippen LogP contribution is 2.54. The monoisotopic (exact) mass is 490 g/mol. The Bertz CT molecular complexity index is 1140. The van der Waals surface area contributed by atoms with Gasteiger partial charge in [0.1, 0.15) is 0 Å². The van der Waals surface area contributed by atoms with E-state index in [0.29, 0.717) is 64.8 Å². The number of benzene rings is 1. The predicted octanol–water partition coefficient (Wildman–Crippen LogP) is 3.46. The highest BCUT2D eigenvalue weighted by molar-refractivity contribution is 6.34. The molecule has 184 valence electrons. The van der Waals surface area contributed by atoms with Crippen LogP contribution in [-0.2, 0) is 11.2 Å². The number of ether oxygens (including phenoxy) is 4. The maximum Gasteiger partial charge on any atom is 0.221 e. The highest BCUT2D eigenvalue weighted by Gasteiger charge is 2.32. The fourth-order valence-corrected chi connectivity index (χ4v) is 4.63. The summed E-state index contributed by atoms with van der Waals surface area (Å²) in [5, 5.41) is 3.51. The van der Waals surface area contributed by atoms with E-state index in [-0.39, 0.29) is 17.1 Å². The van der Waals surface area contributed by atoms with Crippen LogP contribution in [0.3, 0.4) is 0 Å². The summed E-state index contributed by atoms with van der Waals surface area (Å²) in [5.74, 6) is 1.26. The van der Waals surface area contributed by atoms with Gasteiger partial charge >= 0.3 is 0 Å². The van der Waals surface area contributed by atoms with Gasteiger partial charge in [0.2, 0.25) is 17.1 Å². The minimum Gasteiger partial charge on any atom is -0.493 e. The molecule has 0 aliphatic heterocycles. The molecule has 1 amide bonds. The van der Waals surface area contributed by atoms with Crippen LogP contribution >= 0.6 is 11.6 Å². The van der Waals surface area contributed by atoms with Gasteiger partial charge in [-0.3, -0.25) is 9.59 Å². The average molecular weight is 491 g/mol. The first-order valence-corrected chi connectivity index (χ1v) is 11.3. The molecule has 0 saturated carbocycles. The molecule has 0 bridgehead atoms. The second-order valence-corrected chi connectivity index (χ2v) is 8.64. The number of nitrogens with one attached hydrogen (secondary N) is 1. The summed E-state index contributed by atoms with van der Waals surface area (Å²) in [6.45, 7) is 0.614. The number of amides is 1. The van der Waals surface area contributed by atoms with Crippen molar-refractivity contribution in [1.82, 2.24) is 10.2 Å². The molecule has 34 heavy (non-hydrogen) atoms. The van der Waals surface area contributed by atoms with Gasteiger partial charge in [-0.1, -0.05) is 17.7 Å². The lowest BCUT2D eigenvalue weighted by Gasteiger charge is -2.21. The standard InChI is InChI=1S/C25H31ClN2O6/c1-28(2)12-11-20(30)27-17-9-7-15-21(14-8-10-19(31-3)18(29)13-16(14)17)23(32-4)25(34-6)24(33-5)22(15)26/h8,10,13,17H,7,9,11-12H2,1-6H3,(H,27,30)/t17-/m0/s1. The smallest absolute Gasteiger partial charge is 0.221 e. The van der Waals surface area contributed by atoms with Crippen molar-refractivity contribution < 1.29 is 23.7 Å². The molecule has 2 aromatic rings. The molecule has 3 rings (SSSR count). The van der Waals surface area contributed by atoms with Crippen molar-refractivity contribution >= 4 is 17.5 Å². The number of halogens is 1. The van der Waals surface area contributed by atoms with E-state index >= 15 is 0 Å². The molecule has 1 atom stereocenters. The molecular weight excluding hydrogens is 460 g/mol. The van der Waals surface area contributed by atoms with E-state index in [1.54, 1.807) is 19.2 Å². The number of hydrogen-bond acceptors (Lipinski definition) is 7. The summed E-state index contributed by atoms with van der Waals surface area (Å²) in [5.41, 5.74) is 2.56. The molecule has 0 saturated heterocycles. The first-order valence-electron chi connectivity index (χ1n) is 10.9. The lowest BCUT2D eigenvalue weighted by molar-refractivity contribution is -0.122. The van der Waals surface area contributed by atoms with E-state index in [9.17, 15) is 9.59 Å². The third kappa shape index (κ3) is 4.93. The van der Waals surface area contributed by atoms with E-state index in [1.807, 2.05) is 19.0 Å². The lowest BCUT2D eigenvalue weighted by atomic mass is 9.95. The second-order valence-electron chi connectivity index (χ2n) is 8.26. The van der Waals surface area contributed by atoms with Crippen LogP contribution in [0, 0.1) is 0 Å². The third-order valence-electron chi connectivity index (χ3n) is 5.93. The number of methoxy groups -OCH3 is 4. The van der Waals surface area contributed by atoms with Gasteiger partial charge in [-0.2, -0.15) is 0 Å². The van der Waals surface area contributed by atoms with Crippen LogP contribution < -0.4 is 29.7 Å². The Hall–Kier alpha value is -2.97. The molecule has 1 aliphatic carbocycles. The summed E-state index contributed by atoms with van der Waals surface area (Å²) in [6.07, 6.45) is 1.38. The van der Waals surface area contributed by atoms with Crippen molar-refractivity contribution in [2.24, 2.45) is 0 Å². The van der Waals surface area contributed by atoms with Crippen LogP contribution in [-0.4, -0.2) is 59.9 Å². The van der Waals surface area contributed by atoms with Crippen LogP contribution in [0.25, 0.3) is 11.1 Å². The minimum atomic E-state index is -0.417. The first-order chi connectivity index (χ1) is 16.3. The quantitative estimate of drug-likeness (QED) is 0.606. The lowest BCUT2D eigenvalue weighted by Crippen LogP contribution is -2.31. The van der Waals surface area contributed by atoms with Gasteiger partial charge in [0, 0.05) is 18.5 Å². The largest absolute Gasteiger partial charge is 0.493 e. The van der Waals surface area contributed by atoms with E-state index in [2.05, 4.69) is 5.32 Å². The number of rotatable bonds is 8. The molecule has 0 heterocycles. The SMILES string of the molecule is COc1c(Cl)c2c(c(OC)c1OC)-c1ccc(OC)c(=O)cc1[C@@H](NC(=O)CCN(C)C)CC2. The number of hydrogen-bond donors (Lipinski definition) is 1.